The van der Waals surface area contributed by atoms with Crippen LogP contribution in [0.3, 0.4) is 0 Å². The molecular weight excluding hydrogens is 278 g/mol. The number of ether oxygens (including phenoxy) is 2. The van der Waals surface area contributed by atoms with Crippen molar-refractivity contribution in [1.29, 1.82) is 5.41 Å². The first-order valence-electron chi connectivity index (χ1n) is 6.56. The zero-order valence-electron chi connectivity index (χ0n) is 11.9. The molecule has 0 radical (unpaired) electrons. The fourth-order valence-electron chi connectivity index (χ4n) is 1.76. The number of hydrogen-bond acceptors (Lipinski definition) is 4. The van der Waals surface area contributed by atoms with Gasteiger partial charge in [-0.1, -0.05) is 37.4 Å². The molecular formula is C18H15NO3. The summed E-state index contributed by atoms with van der Waals surface area (Å²) in [7, 11) is 0. The number of nitrogens with one attached hydrogen (secondary N) is 1. The lowest BCUT2D eigenvalue weighted by Gasteiger charge is -2.06. The van der Waals surface area contributed by atoms with Crippen molar-refractivity contribution in [2.24, 2.45) is 0 Å². The first kappa shape index (κ1) is 15.3. The number of esters is 1. The Labute approximate surface area is 128 Å². The van der Waals surface area contributed by atoms with Gasteiger partial charge in [0, 0.05) is 6.08 Å². The molecule has 0 heterocycles. The Morgan fingerprint density at radius 2 is 1.27 bits per heavy atom. The second-order valence-corrected chi connectivity index (χ2v) is 4.34. The van der Waals surface area contributed by atoms with Crippen LogP contribution >= 0.6 is 0 Å². The van der Waals surface area contributed by atoms with Crippen LogP contribution in [0.4, 0.5) is 0 Å². The molecule has 0 amide bonds. The number of benzene rings is 2. The van der Waals surface area contributed by atoms with Crippen molar-refractivity contribution in [3.63, 3.8) is 0 Å². The standard InChI is InChI=1S/C18H15NO3/c1-3-17(19)21-15-9-5-13(6-10-15)14-7-11-16(12-8-14)22-18(20)4-2/h3-12,19H,1-2H2. The fraction of sp³-hybridized carbons (Fsp3) is 0. The summed E-state index contributed by atoms with van der Waals surface area (Å²) < 4.78 is 10.2. The Morgan fingerprint density at radius 1 is 0.818 bits per heavy atom. The average Bonchev–Trinajstić information content (AvgIpc) is 2.56. The number of rotatable bonds is 5. The minimum Gasteiger partial charge on any atom is -0.440 e. The molecule has 0 aliphatic carbocycles. The van der Waals surface area contributed by atoms with Crippen LogP contribution in [-0.2, 0) is 4.79 Å². The molecule has 110 valence electrons. The van der Waals surface area contributed by atoms with Crippen LogP contribution in [-0.4, -0.2) is 11.9 Å². The normalized spacial score (nSPS) is 9.64. The molecule has 0 saturated heterocycles. The first-order valence-corrected chi connectivity index (χ1v) is 6.56. The first-order chi connectivity index (χ1) is 10.6. The summed E-state index contributed by atoms with van der Waals surface area (Å²) in [6.07, 6.45) is 2.45. The van der Waals surface area contributed by atoms with E-state index >= 15 is 0 Å². The van der Waals surface area contributed by atoms with E-state index in [2.05, 4.69) is 13.2 Å². The lowest BCUT2D eigenvalue weighted by atomic mass is 10.1. The molecule has 0 unspecified atom stereocenters. The maximum atomic E-state index is 11.1. The lowest BCUT2D eigenvalue weighted by molar-refractivity contribution is -0.128. The van der Waals surface area contributed by atoms with Gasteiger partial charge in [0.15, 0.2) is 0 Å². The van der Waals surface area contributed by atoms with Crippen LogP contribution < -0.4 is 9.47 Å². The highest BCUT2D eigenvalue weighted by Crippen LogP contribution is 2.24. The summed E-state index contributed by atoms with van der Waals surface area (Å²) in [6, 6.07) is 14.5. The van der Waals surface area contributed by atoms with Gasteiger partial charge in [-0.25, -0.2) is 4.79 Å². The van der Waals surface area contributed by atoms with Crippen LogP contribution in [0.2, 0.25) is 0 Å². The lowest BCUT2D eigenvalue weighted by Crippen LogP contribution is -2.02. The van der Waals surface area contributed by atoms with Gasteiger partial charge in [0.2, 0.25) is 5.90 Å². The van der Waals surface area contributed by atoms with Crippen molar-refractivity contribution in [2.75, 3.05) is 0 Å². The summed E-state index contributed by atoms with van der Waals surface area (Å²) in [5.74, 6) is 0.554. The van der Waals surface area contributed by atoms with Gasteiger partial charge in [0.05, 0.1) is 0 Å². The zero-order valence-corrected chi connectivity index (χ0v) is 11.9. The average molecular weight is 293 g/mol. The van der Waals surface area contributed by atoms with Gasteiger partial charge in [0.25, 0.3) is 0 Å². The summed E-state index contributed by atoms with van der Waals surface area (Å²) in [5, 5.41) is 7.40. The Balaban J connectivity index is 2.11. The van der Waals surface area contributed by atoms with Crippen LogP contribution in [0.1, 0.15) is 0 Å². The highest BCUT2D eigenvalue weighted by Gasteiger charge is 2.03. The van der Waals surface area contributed by atoms with Gasteiger partial charge in [-0.05, 0) is 41.5 Å². The smallest absolute Gasteiger partial charge is 0.335 e. The molecule has 1 N–H and O–H groups in total. The minimum atomic E-state index is -0.487. The zero-order chi connectivity index (χ0) is 15.9. The van der Waals surface area contributed by atoms with Gasteiger partial charge in [-0.2, -0.15) is 0 Å². The van der Waals surface area contributed by atoms with Gasteiger partial charge < -0.3 is 9.47 Å². The van der Waals surface area contributed by atoms with Crippen LogP contribution in [0, 0.1) is 5.41 Å². The van der Waals surface area contributed by atoms with Crippen molar-refractivity contribution in [3.05, 3.63) is 73.8 Å². The molecule has 22 heavy (non-hydrogen) atoms. The van der Waals surface area contributed by atoms with Gasteiger partial charge >= 0.3 is 5.97 Å². The molecule has 0 aliphatic heterocycles. The predicted octanol–water partition coefficient (Wildman–Crippen LogP) is 3.99. The molecule has 4 nitrogen and oxygen atoms in total. The third kappa shape index (κ3) is 3.93. The second-order valence-electron chi connectivity index (χ2n) is 4.34. The topological polar surface area (TPSA) is 59.4 Å². The molecule has 0 aromatic heterocycles. The largest absolute Gasteiger partial charge is 0.440 e. The second kappa shape index (κ2) is 7.04. The predicted molar refractivity (Wildman–Crippen MR) is 86.3 cm³/mol. The quantitative estimate of drug-likeness (QED) is 0.298. The molecule has 0 bridgehead atoms. The van der Waals surface area contributed by atoms with E-state index in [9.17, 15) is 4.79 Å². The summed E-state index contributed by atoms with van der Waals surface area (Å²) in [4.78, 5) is 11.1. The minimum absolute atomic E-state index is 0.00105. The van der Waals surface area contributed by atoms with Crippen molar-refractivity contribution in [2.45, 2.75) is 0 Å². The van der Waals surface area contributed by atoms with Crippen LogP contribution in [0.25, 0.3) is 11.1 Å². The number of carbonyl (C=O) groups is 1. The van der Waals surface area contributed by atoms with Crippen molar-refractivity contribution < 1.29 is 14.3 Å². The molecule has 0 fully saturated rings. The van der Waals surface area contributed by atoms with Crippen molar-refractivity contribution >= 4 is 11.9 Å². The molecule has 2 aromatic carbocycles. The third-order valence-corrected chi connectivity index (χ3v) is 2.84. The molecule has 0 saturated carbocycles. The maximum absolute atomic E-state index is 11.1. The molecule has 0 atom stereocenters. The highest BCUT2D eigenvalue weighted by molar-refractivity contribution is 5.86. The van der Waals surface area contributed by atoms with E-state index in [0.29, 0.717) is 11.5 Å². The van der Waals surface area contributed by atoms with E-state index in [0.717, 1.165) is 17.2 Å². The monoisotopic (exact) mass is 293 g/mol. The molecule has 4 heteroatoms. The van der Waals surface area contributed by atoms with Gasteiger partial charge in [-0.15, -0.1) is 0 Å². The van der Waals surface area contributed by atoms with E-state index < -0.39 is 5.97 Å². The molecule has 0 spiro atoms. The van der Waals surface area contributed by atoms with Crippen LogP contribution in [0.15, 0.2) is 73.8 Å². The summed E-state index contributed by atoms with van der Waals surface area (Å²) in [6.45, 7) is 6.81. The number of hydrogen-bond donors (Lipinski definition) is 1. The van der Waals surface area contributed by atoms with E-state index in [-0.39, 0.29) is 5.90 Å². The Kier molecular flexibility index (Phi) is 4.88. The molecule has 2 aromatic rings. The highest BCUT2D eigenvalue weighted by atomic mass is 16.5. The van der Waals surface area contributed by atoms with Crippen LogP contribution in [0.5, 0.6) is 11.5 Å². The Morgan fingerprint density at radius 3 is 1.68 bits per heavy atom. The van der Waals surface area contributed by atoms with Gasteiger partial charge in [-0.3, -0.25) is 5.41 Å². The Bertz CT molecular complexity index is 637. The third-order valence-electron chi connectivity index (χ3n) is 2.84. The molecule has 2 rings (SSSR count). The molecule has 0 aliphatic rings. The fourth-order valence-corrected chi connectivity index (χ4v) is 1.76. The van der Waals surface area contributed by atoms with Gasteiger partial charge in [0.1, 0.15) is 11.5 Å². The van der Waals surface area contributed by atoms with E-state index in [1.54, 1.807) is 24.3 Å². The Hall–Kier alpha value is -3.14. The van der Waals surface area contributed by atoms with E-state index in [4.69, 9.17) is 14.9 Å². The van der Waals surface area contributed by atoms with Crippen molar-refractivity contribution in [3.8, 4) is 22.6 Å². The van der Waals surface area contributed by atoms with E-state index in [1.807, 2.05) is 24.3 Å². The summed E-state index contributed by atoms with van der Waals surface area (Å²) >= 11 is 0. The number of carbonyl (C=O) groups excluding carboxylic acids is 1. The maximum Gasteiger partial charge on any atom is 0.335 e. The SMILES string of the molecule is C=CC(=N)Oc1ccc(-c2ccc(OC(=O)C=C)cc2)cc1. The summed E-state index contributed by atoms with van der Waals surface area (Å²) in [5.41, 5.74) is 1.96. The van der Waals surface area contributed by atoms with E-state index in [1.165, 1.54) is 6.08 Å². The van der Waals surface area contributed by atoms with Crippen molar-refractivity contribution in [1.82, 2.24) is 0 Å².